The largest absolute Gasteiger partial charge is 0.325 e. The van der Waals surface area contributed by atoms with Crippen LogP contribution in [0.15, 0.2) is 53.4 Å². The van der Waals surface area contributed by atoms with Gasteiger partial charge < -0.3 is 5.32 Å². The maximum Gasteiger partial charge on any atom is 0.264 e. The van der Waals surface area contributed by atoms with Crippen molar-refractivity contribution in [3.8, 4) is 0 Å². The Morgan fingerprint density at radius 3 is 2.14 bits per heavy atom. The van der Waals surface area contributed by atoms with E-state index in [1.165, 1.54) is 42.5 Å². The fourth-order valence-corrected chi connectivity index (χ4v) is 5.32. The summed E-state index contributed by atoms with van der Waals surface area (Å²) >= 11 is 12.1. The number of carbonyl (C=O) groups excluding carboxylic acids is 1. The fraction of sp³-hybridized carbons (Fsp3) is 0.190. The Morgan fingerprint density at radius 2 is 1.57 bits per heavy atom. The third-order valence-electron chi connectivity index (χ3n) is 4.54. The number of hydrogen-bond donors (Lipinski definition) is 2. The van der Waals surface area contributed by atoms with Crippen molar-refractivity contribution in [1.82, 2.24) is 9.97 Å². The molecule has 35 heavy (non-hydrogen) atoms. The Hall–Kier alpha value is -2.93. The van der Waals surface area contributed by atoms with E-state index in [9.17, 15) is 21.6 Å². The third kappa shape index (κ3) is 6.82. The van der Waals surface area contributed by atoms with Gasteiger partial charge in [0.2, 0.25) is 21.9 Å². The molecule has 0 aliphatic rings. The summed E-state index contributed by atoms with van der Waals surface area (Å²) in [7, 11) is -7.85. The average molecular weight is 558 g/mol. The number of nitrogens with zero attached hydrogens (tertiary/aromatic N) is 3. The minimum atomic E-state index is -3.98. The van der Waals surface area contributed by atoms with E-state index in [0.717, 1.165) is 10.6 Å². The number of halogens is 2. The minimum absolute atomic E-state index is 0.0118. The van der Waals surface area contributed by atoms with Crippen LogP contribution in [-0.2, 0) is 24.8 Å². The maximum atomic E-state index is 12.7. The van der Waals surface area contributed by atoms with Gasteiger partial charge >= 0.3 is 0 Å². The molecule has 1 amide bonds. The molecule has 0 atom stereocenters. The van der Waals surface area contributed by atoms with Crippen molar-refractivity contribution in [2.24, 2.45) is 0 Å². The number of rotatable bonds is 8. The molecule has 0 aliphatic carbocycles. The SMILES string of the molecule is Cc1cc(C)nc(NS(=O)(=O)c2ccc(NC(=O)CN(c3cccc(Cl)c3Cl)S(C)(=O)=O)cc2)n1. The van der Waals surface area contributed by atoms with Crippen LogP contribution < -0.4 is 14.3 Å². The van der Waals surface area contributed by atoms with Gasteiger partial charge in [0.1, 0.15) is 6.54 Å². The standard InChI is InChI=1S/C21H21Cl2N5O5S2/c1-13-11-14(2)25-21(24-13)27-35(32,33)16-9-7-15(8-10-16)26-19(29)12-28(34(3,30)31)18-6-4-5-17(22)20(18)23/h4-11H,12H2,1-3H3,(H,26,29)(H,24,25,27). The van der Waals surface area contributed by atoms with E-state index in [4.69, 9.17) is 23.2 Å². The summed E-state index contributed by atoms with van der Waals surface area (Å²) in [6, 6.07) is 11.4. The zero-order chi connectivity index (χ0) is 26.0. The van der Waals surface area contributed by atoms with Crippen LogP contribution in [-0.4, -0.2) is 45.5 Å². The summed E-state index contributed by atoms with van der Waals surface area (Å²) < 4.78 is 53.0. The van der Waals surface area contributed by atoms with E-state index >= 15 is 0 Å². The molecule has 14 heteroatoms. The predicted octanol–water partition coefficient (Wildman–Crippen LogP) is 3.61. The van der Waals surface area contributed by atoms with E-state index < -0.39 is 32.5 Å². The number of aromatic nitrogens is 2. The molecule has 0 unspecified atom stereocenters. The maximum absolute atomic E-state index is 12.7. The number of anilines is 3. The molecule has 3 aromatic rings. The molecule has 2 N–H and O–H groups in total. The van der Waals surface area contributed by atoms with E-state index in [1.54, 1.807) is 19.9 Å². The first-order valence-corrected chi connectivity index (χ1v) is 14.0. The molecule has 0 aliphatic heterocycles. The van der Waals surface area contributed by atoms with Crippen molar-refractivity contribution < 1.29 is 21.6 Å². The molecule has 0 fully saturated rings. The topological polar surface area (TPSA) is 138 Å². The van der Waals surface area contributed by atoms with E-state index in [-0.39, 0.29) is 32.3 Å². The van der Waals surface area contributed by atoms with Crippen molar-refractivity contribution in [2.45, 2.75) is 18.7 Å². The highest BCUT2D eigenvalue weighted by atomic mass is 35.5. The van der Waals surface area contributed by atoms with Gasteiger partial charge in [-0.1, -0.05) is 29.3 Å². The Balaban J connectivity index is 1.75. The molecule has 0 saturated carbocycles. The number of aryl methyl sites for hydroxylation is 2. The lowest BCUT2D eigenvalue weighted by Gasteiger charge is -2.23. The molecule has 1 aromatic heterocycles. The van der Waals surface area contributed by atoms with Gasteiger partial charge in [0.05, 0.1) is 26.9 Å². The molecule has 186 valence electrons. The van der Waals surface area contributed by atoms with Crippen LogP contribution in [0.1, 0.15) is 11.4 Å². The lowest BCUT2D eigenvalue weighted by Crippen LogP contribution is -2.37. The van der Waals surface area contributed by atoms with Crippen LogP contribution in [0.25, 0.3) is 0 Å². The Labute approximate surface area is 213 Å². The summed E-state index contributed by atoms with van der Waals surface area (Å²) in [5.74, 6) is -0.732. The van der Waals surface area contributed by atoms with Gasteiger partial charge in [-0.15, -0.1) is 0 Å². The van der Waals surface area contributed by atoms with Gasteiger partial charge in [0.25, 0.3) is 10.0 Å². The number of carbonyl (C=O) groups is 1. The van der Waals surface area contributed by atoms with Crippen molar-refractivity contribution >= 4 is 66.5 Å². The van der Waals surface area contributed by atoms with Gasteiger partial charge in [0, 0.05) is 17.1 Å². The summed E-state index contributed by atoms with van der Waals surface area (Å²) in [5, 5.41) is 2.65. The molecular weight excluding hydrogens is 537 g/mol. The Bertz CT molecular complexity index is 1460. The summed E-state index contributed by atoms with van der Waals surface area (Å²) in [4.78, 5) is 20.6. The molecule has 0 radical (unpaired) electrons. The van der Waals surface area contributed by atoms with Crippen LogP contribution in [0.2, 0.25) is 10.0 Å². The number of nitrogens with one attached hydrogen (secondary N) is 2. The lowest BCUT2D eigenvalue weighted by atomic mass is 10.3. The normalized spacial score (nSPS) is 11.7. The first-order valence-electron chi connectivity index (χ1n) is 9.93. The first kappa shape index (κ1) is 26.7. The van der Waals surface area contributed by atoms with E-state index in [1.807, 2.05) is 0 Å². The molecule has 1 heterocycles. The fourth-order valence-electron chi connectivity index (χ4n) is 3.07. The van der Waals surface area contributed by atoms with Gasteiger partial charge in [-0.2, -0.15) is 0 Å². The second kappa shape index (κ2) is 10.4. The minimum Gasteiger partial charge on any atom is -0.325 e. The van der Waals surface area contributed by atoms with Crippen LogP contribution >= 0.6 is 23.2 Å². The molecule has 2 aromatic carbocycles. The van der Waals surface area contributed by atoms with Crippen molar-refractivity contribution in [1.29, 1.82) is 0 Å². The average Bonchev–Trinajstić information content (AvgIpc) is 2.73. The smallest absolute Gasteiger partial charge is 0.264 e. The molecule has 10 nitrogen and oxygen atoms in total. The third-order valence-corrected chi connectivity index (χ3v) is 7.82. The molecular formula is C21H21Cl2N5O5S2. The molecule has 0 bridgehead atoms. The molecule has 0 saturated heterocycles. The van der Waals surface area contributed by atoms with Gasteiger partial charge in [-0.05, 0) is 56.3 Å². The highest BCUT2D eigenvalue weighted by Crippen LogP contribution is 2.33. The number of benzene rings is 2. The summed E-state index contributed by atoms with van der Waals surface area (Å²) in [5.41, 5.74) is 1.52. The zero-order valence-electron chi connectivity index (χ0n) is 18.8. The molecule has 3 rings (SSSR count). The van der Waals surface area contributed by atoms with Crippen LogP contribution in [0.5, 0.6) is 0 Å². The van der Waals surface area contributed by atoms with Crippen LogP contribution in [0, 0.1) is 13.8 Å². The summed E-state index contributed by atoms with van der Waals surface area (Å²) in [6.07, 6.45) is 0.934. The van der Waals surface area contributed by atoms with Crippen LogP contribution in [0.3, 0.4) is 0 Å². The highest BCUT2D eigenvalue weighted by Gasteiger charge is 2.24. The van der Waals surface area contributed by atoms with Crippen molar-refractivity contribution in [3.63, 3.8) is 0 Å². The van der Waals surface area contributed by atoms with E-state index in [2.05, 4.69) is 20.0 Å². The van der Waals surface area contributed by atoms with Crippen molar-refractivity contribution in [3.05, 3.63) is 70.0 Å². The van der Waals surface area contributed by atoms with Gasteiger partial charge in [-0.3, -0.25) is 9.10 Å². The zero-order valence-corrected chi connectivity index (χ0v) is 21.9. The predicted molar refractivity (Wildman–Crippen MR) is 136 cm³/mol. The van der Waals surface area contributed by atoms with Crippen molar-refractivity contribution in [2.75, 3.05) is 27.1 Å². The Kier molecular flexibility index (Phi) is 7.90. The second-order valence-corrected chi connectivity index (χ2v) is 11.9. The first-order chi connectivity index (χ1) is 16.3. The lowest BCUT2D eigenvalue weighted by molar-refractivity contribution is -0.114. The quantitative estimate of drug-likeness (QED) is 0.431. The number of sulfonamides is 2. The second-order valence-electron chi connectivity index (χ2n) is 7.49. The number of amides is 1. The molecule has 0 spiro atoms. The van der Waals surface area contributed by atoms with Gasteiger partial charge in [0.15, 0.2) is 0 Å². The van der Waals surface area contributed by atoms with Gasteiger partial charge in [-0.25, -0.2) is 31.5 Å². The highest BCUT2D eigenvalue weighted by molar-refractivity contribution is 7.92. The van der Waals surface area contributed by atoms with Crippen LogP contribution in [0.4, 0.5) is 17.3 Å². The number of hydrogen-bond acceptors (Lipinski definition) is 7. The summed E-state index contributed by atoms with van der Waals surface area (Å²) in [6.45, 7) is 2.86. The van der Waals surface area contributed by atoms with E-state index in [0.29, 0.717) is 11.4 Å². The Morgan fingerprint density at radius 1 is 0.971 bits per heavy atom. The monoisotopic (exact) mass is 557 g/mol.